The Morgan fingerprint density at radius 1 is 1.10 bits per heavy atom. The van der Waals surface area contributed by atoms with Gasteiger partial charge in [-0.3, -0.25) is 9.59 Å². The smallest absolute Gasteiger partial charge is 0.243 e. The number of carbonyl (C=O) groups excluding carboxylic acids is 2. The fourth-order valence-corrected chi connectivity index (χ4v) is 1.99. The molecule has 0 aromatic heterocycles. The molecule has 2 atom stereocenters. The van der Waals surface area contributed by atoms with Crippen molar-refractivity contribution in [3.8, 4) is 0 Å². The molecule has 0 aliphatic rings. The number of carbonyl (C=O) groups is 2. The molecule has 1 aromatic carbocycles. The monoisotopic (exact) mass is 298 g/mol. The molecule has 0 unspecified atom stereocenters. The Kier molecular flexibility index (Phi) is 5.81. The minimum atomic E-state index is -0.719. The van der Waals surface area contributed by atoms with Crippen molar-refractivity contribution in [1.82, 2.24) is 10.6 Å². The zero-order valence-corrected chi connectivity index (χ0v) is 12.5. The predicted molar refractivity (Wildman–Crippen MR) is 75.4 cm³/mol. The number of amides is 2. The summed E-state index contributed by atoms with van der Waals surface area (Å²) in [7, 11) is 0. The molecule has 6 heteroatoms. The first-order chi connectivity index (χ1) is 9.72. The molecule has 4 nitrogen and oxygen atoms in total. The van der Waals surface area contributed by atoms with Gasteiger partial charge in [-0.1, -0.05) is 19.9 Å². The van der Waals surface area contributed by atoms with E-state index in [-0.39, 0.29) is 17.4 Å². The Hall–Kier alpha value is -1.98. The fraction of sp³-hybridized carbons (Fsp3) is 0.467. The van der Waals surface area contributed by atoms with Crippen molar-refractivity contribution in [2.24, 2.45) is 5.92 Å². The lowest BCUT2D eigenvalue weighted by molar-refractivity contribution is -0.129. The fourth-order valence-electron chi connectivity index (χ4n) is 1.99. The molecule has 1 aromatic rings. The lowest BCUT2D eigenvalue weighted by Crippen LogP contribution is -2.49. The Labute approximate surface area is 122 Å². The first kappa shape index (κ1) is 17.1. The Morgan fingerprint density at radius 2 is 1.71 bits per heavy atom. The van der Waals surface area contributed by atoms with Crippen molar-refractivity contribution in [1.29, 1.82) is 0 Å². The van der Waals surface area contributed by atoms with Crippen LogP contribution in [0.15, 0.2) is 18.2 Å². The summed E-state index contributed by atoms with van der Waals surface area (Å²) in [5.74, 6) is -2.23. The van der Waals surface area contributed by atoms with Gasteiger partial charge >= 0.3 is 0 Å². The summed E-state index contributed by atoms with van der Waals surface area (Å²) in [6.07, 6.45) is 0. The van der Waals surface area contributed by atoms with Crippen LogP contribution in [0.1, 0.15) is 39.3 Å². The number of hydrogen-bond acceptors (Lipinski definition) is 2. The minimum Gasteiger partial charge on any atom is -0.348 e. The molecule has 0 bridgehead atoms. The second-order valence-corrected chi connectivity index (χ2v) is 5.32. The van der Waals surface area contributed by atoms with Crippen molar-refractivity contribution in [3.63, 3.8) is 0 Å². The van der Waals surface area contributed by atoms with Gasteiger partial charge in [-0.15, -0.1) is 0 Å². The summed E-state index contributed by atoms with van der Waals surface area (Å²) in [4.78, 5) is 23.3. The van der Waals surface area contributed by atoms with Crippen molar-refractivity contribution < 1.29 is 18.4 Å². The molecule has 0 spiro atoms. The van der Waals surface area contributed by atoms with Crippen LogP contribution in [0.5, 0.6) is 0 Å². The highest BCUT2D eigenvalue weighted by Crippen LogP contribution is 2.18. The third-order valence-electron chi connectivity index (χ3n) is 3.10. The van der Waals surface area contributed by atoms with E-state index >= 15 is 0 Å². The summed E-state index contributed by atoms with van der Waals surface area (Å²) in [6.45, 7) is 6.51. The molecule has 0 fully saturated rings. The van der Waals surface area contributed by atoms with Crippen LogP contribution in [0, 0.1) is 17.6 Å². The van der Waals surface area contributed by atoms with Gasteiger partial charge in [-0.2, -0.15) is 0 Å². The van der Waals surface area contributed by atoms with E-state index in [1.54, 1.807) is 20.8 Å². The standard InChI is InChI=1S/C15H20F2N2O2/c1-8(2)14(19-10(4)20)15(21)18-9(3)12-6-5-11(16)7-13(12)17/h5-9,14H,1-4H3,(H,18,21)(H,19,20)/t9-,14-/m1/s1. The maximum absolute atomic E-state index is 13.7. The lowest BCUT2D eigenvalue weighted by Gasteiger charge is -2.23. The summed E-state index contributed by atoms with van der Waals surface area (Å²) >= 11 is 0. The van der Waals surface area contributed by atoms with Gasteiger partial charge in [0.15, 0.2) is 0 Å². The zero-order valence-electron chi connectivity index (χ0n) is 12.5. The lowest BCUT2D eigenvalue weighted by atomic mass is 10.0. The second kappa shape index (κ2) is 7.15. The largest absolute Gasteiger partial charge is 0.348 e. The maximum Gasteiger partial charge on any atom is 0.243 e. The van der Waals surface area contributed by atoms with Crippen molar-refractivity contribution in [2.45, 2.75) is 39.8 Å². The van der Waals surface area contributed by atoms with Crippen LogP contribution in [0.4, 0.5) is 8.78 Å². The average molecular weight is 298 g/mol. The van der Waals surface area contributed by atoms with Gasteiger partial charge in [-0.05, 0) is 18.9 Å². The highest BCUT2D eigenvalue weighted by molar-refractivity contribution is 5.87. The van der Waals surface area contributed by atoms with E-state index in [9.17, 15) is 18.4 Å². The van der Waals surface area contributed by atoms with E-state index < -0.39 is 29.6 Å². The highest BCUT2D eigenvalue weighted by atomic mass is 19.1. The Morgan fingerprint density at radius 3 is 2.19 bits per heavy atom. The number of nitrogens with one attached hydrogen (secondary N) is 2. The van der Waals surface area contributed by atoms with Gasteiger partial charge in [-0.25, -0.2) is 8.78 Å². The quantitative estimate of drug-likeness (QED) is 0.876. The van der Waals surface area contributed by atoms with Crippen LogP contribution in [0.3, 0.4) is 0 Å². The Bertz CT molecular complexity index is 532. The van der Waals surface area contributed by atoms with Gasteiger partial charge in [0.1, 0.15) is 17.7 Å². The van der Waals surface area contributed by atoms with E-state index in [1.165, 1.54) is 13.0 Å². The van der Waals surface area contributed by atoms with E-state index in [0.717, 1.165) is 12.1 Å². The SMILES string of the molecule is CC(=O)N[C@@H](C(=O)N[C@H](C)c1ccc(F)cc1F)C(C)C. The van der Waals surface area contributed by atoms with Crippen LogP contribution in [0.25, 0.3) is 0 Å². The maximum atomic E-state index is 13.7. The highest BCUT2D eigenvalue weighted by Gasteiger charge is 2.25. The molecule has 0 aliphatic heterocycles. The number of benzene rings is 1. The summed E-state index contributed by atoms with van der Waals surface area (Å²) in [5.41, 5.74) is 0.190. The minimum absolute atomic E-state index is 0.112. The number of halogens is 2. The van der Waals surface area contributed by atoms with Gasteiger partial charge in [0, 0.05) is 18.6 Å². The van der Waals surface area contributed by atoms with Crippen LogP contribution < -0.4 is 10.6 Å². The van der Waals surface area contributed by atoms with Crippen LogP contribution in [-0.4, -0.2) is 17.9 Å². The summed E-state index contributed by atoms with van der Waals surface area (Å²) in [5, 5.41) is 5.18. The van der Waals surface area contributed by atoms with Gasteiger partial charge in [0.25, 0.3) is 0 Å². The molecule has 116 valence electrons. The zero-order chi connectivity index (χ0) is 16.2. The molecule has 0 saturated carbocycles. The normalized spacial score (nSPS) is 13.7. The molecular formula is C15H20F2N2O2. The molecule has 2 amide bonds. The van der Waals surface area contributed by atoms with Crippen LogP contribution in [0.2, 0.25) is 0 Å². The van der Waals surface area contributed by atoms with Gasteiger partial charge in [0.2, 0.25) is 11.8 Å². The third kappa shape index (κ3) is 4.81. The van der Waals surface area contributed by atoms with Crippen molar-refractivity contribution >= 4 is 11.8 Å². The number of rotatable bonds is 5. The van der Waals surface area contributed by atoms with E-state index in [4.69, 9.17) is 0 Å². The molecule has 0 aliphatic carbocycles. The predicted octanol–water partition coefficient (Wildman–Crippen LogP) is 2.30. The van der Waals surface area contributed by atoms with E-state index in [1.807, 2.05) is 0 Å². The summed E-state index contributed by atoms with van der Waals surface area (Å²) in [6, 6.07) is 1.86. The van der Waals surface area contributed by atoms with Gasteiger partial charge in [0.05, 0.1) is 6.04 Å². The van der Waals surface area contributed by atoms with Crippen LogP contribution >= 0.6 is 0 Å². The van der Waals surface area contributed by atoms with Crippen molar-refractivity contribution in [2.75, 3.05) is 0 Å². The molecule has 2 N–H and O–H groups in total. The molecule has 21 heavy (non-hydrogen) atoms. The molecule has 0 heterocycles. The first-order valence-corrected chi connectivity index (χ1v) is 6.74. The van der Waals surface area contributed by atoms with E-state index in [2.05, 4.69) is 10.6 Å². The van der Waals surface area contributed by atoms with Crippen molar-refractivity contribution in [3.05, 3.63) is 35.4 Å². The first-order valence-electron chi connectivity index (χ1n) is 6.74. The Balaban J connectivity index is 2.82. The topological polar surface area (TPSA) is 58.2 Å². The summed E-state index contributed by atoms with van der Waals surface area (Å²) < 4.78 is 26.5. The molecule has 1 rings (SSSR count). The average Bonchev–Trinajstić information content (AvgIpc) is 2.34. The third-order valence-corrected chi connectivity index (χ3v) is 3.10. The second-order valence-electron chi connectivity index (χ2n) is 5.32. The van der Waals surface area contributed by atoms with E-state index in [0.29, 0.717) is 0 Å². The van der Waals surface area contributed by atoms with Crippen LogP contribution in [-0.2, 0) is 9.59 Å². The van der Waals surface area contributed by atoms with Gasteiger partial charge < -0.3 is 10.6 Å². The number of hydrogen-bond donors (Lipinski definition) is 2. The molecular weight excluding hydrogens is 278 g/mol. The molecule has 0 radical (unpaired) electrons. The molecule has 0 saturated heterocycles.